The number of nitrogens with zero attached hydrogens (tertiary/aromatic N) is 4. The fourth-order valence-electron chi connectivity index (χ4n) is 1.69. The molecular formula is C13H12N5O3-. The van der Waals surface area contributed by atoms with E-state index in [0.717, 1.165) is 29.6 Å². The number of nitrogens with one attached hydrogen (secondary N) is 1. The van der Waals surface area contributed by atoms with Gasteiger partial charge in [-0.15, -0.1) is 0 Å². The van der Waals surface area contributed by atoms with E-state index in [-0.39, 0.29) is 17.0 Å². The molecule has 0 saturated heterocycles. The Kier molecular flexibility index (Phi) is 4.07. The second-order valence-electron chi connectivity index (χ2n) is 4.32. The minimum absolute atomic E-state index is 0.112. The van der Waals surface area contributed by atoms with Gasteiger partial charge >= 0.3 is 0 Å². The number of hydrazone groups is 1. The van der Waals surface area contributed by atoms with Crippen LogP contribution in [0.15, 0.2) is 29.4 Å². The third-order valence-electron chi connectivity index (χ3n) is 2.55. The van der Waals surface area contributed by atoms with Crippen LogP contribution in [0.1, 0.15) is 17.0 Å². The molecule has 0 aliphatic carbocycles. The van der Waals surface area contributed by atoms with Crippen LogP contribution in [0, 0.1) is 24.0 Å². The van der Waals surface area contributed by atoms with E-state index in [9.17, 15) is 15.2 Å². The highest BCUT2D eigenvalue weighted by Crippen LogP contribution is 2.19. The van der Waals surface area contributed by atoms with Crippen molar-refractivity contribution < 1.29 is 10.0 Å². The molecule has 0 radical (unpaired) electrons. The molecule has 1 heterocycles. The summed E-state index contributed by atoms with van der Waals surface area (Å²) >= 11 is 0. The molecule has 1 aromatic heterocycles. The van der Waals surface area contributed by atoms with Gasteiger partial charge in [-0.3, -0.25) is 10.1 Å². The smallest absolute Gasteiger partial charge is 0.270 e. The van der Waals surface area contributed by atoms with Gasteiger partial charge in [0.2, 0.25) is 5.95 Å². The molecule has 1 N–H and O–H groups in total. The summed E-state index contributed by atoms with van der Waals surface area (Å²) in [5.74, 6) is -0.0610. The van der Waals surface area contributed by atoms with Crippen LogP contribution in [0.3, 0.4) is 0 Å². The molecule has 8 heteroatoms. The summed E-state index contributed by atoms with van der Waals surface area (Å²) in [7, 11) is 0. The van der Waals surface area contributed by atoms with Gasteiger partial charge in [-0.05, 0) is 25.5 Å². The van der Waals surface area contributed by atoms with E-state index < -0.39 is 4.92 Å². The third-order valence-corrected chi connectivity index (χ3v) is 2.55. The number of aromatic nitrogens is 2. The predicted molar refractivity (Wildman–Crippen MR) is 75.3 cm³/mol. The highest BCUT2D eigenvalue weighted by Gasteiger charge is 2.05. The summed E-state index contributed by atoms with van der Waals surface area (Å²) in [5.41, 5.74) is 4.09. The zero-order valence-corrected chi connectivity index (χ0v) is 11.4. The lowest BCUT2D eigenvalue weighted by Gasteiger charge is -2.08. The van der Waals surface area contributed by atoms with E-state index in [4.69, 9.17) is 0 Å². The lowest BCUT2D eigenvalue weighted by Crippen LogP contribution is -2.02. The van der Waals surface area contributed by atoms with E-state index in [1.54, 1.807) is 0 Å². The van der Waals surface area contributed by atoms with Gasteiger partial charge in [0.15, 0.2) is 0 Å². The maximum absolute atomic E-state index is 11.6. The number of benzene rings is 1. The Morgan fingerprint density at radius 1 is 1.24 bits per heavy atom. The van der Waals surface area contributed by atoms with Crippen LogP contribution >= 0.6 is 0 Å². The average Bonchev–Trinajstić information content (AvgIpc) is 2.39. The van der Waals surface area contributed by atoms with E-state index in [2.05, 4.69) is 20.5 Å². The number of anilines is 1. The maximum atomic E-state index is 11.6. The maximum Gasteiger partial charge on any atom is 0.270 e. The van der Waals surface area contributed by atoms with Crippen LogP contribution in [0.25, 0.3) is 0 Å². The quantitative estimate of drug-likeness (QED) is 0.517. The van der Waals surface area contributed by atoms with Crippen LogP contribution < -0.4 is 10.5 Å². The molecule has 0 atom stereocenters. The van der Waals surface area contributed by atoms with Crippen molar-refractivity contribution >= 4 is 17.9 Å². The summed E-state index contributed by atoms with van der Waals surface area (Å²) in [6.07, 6.45) is 1.20. The minimum atomic E-state index is -0.572. The standard InChI is InChI=1S/C13H13N5O3/c1-8-5-9(2)16-13(15-8)17-14-7-10-6-11(18(20)21)3-4-12(10)19/h3-7,19H,1-2H3,(H,15,16,17)/p-1/b14-7-. The van der Waals surface area contributed by atoms with Gasteiger partial charge < -0.3 is 5.11 Å². The fraction of sp³-hybridized carbons (Fsp3) is 0.154. The first kappa shape index (κ1) is 14.4. The normalized spacial score (nSPS) is 10.8. The summed E-state index contributed by atoms with van der Waals surface area (Å²) in [5, 5.41) is 26.1. The van der Waals surface area contributed by atoms with Crippen LogP contribution in [0.4, 0.5) is 11.6 Å². The summed E-state index contributed by atoms with van der Waals surface area (Å²) in [6, 6.07) is 5.26. The highest BCUT2D eigenvalue weighted by molar-refractivity contribution is 5.84. The van der Waals surface area contributed by atoms with Gasteiger partial charge in [-0.2, -0.15) is 5.10 Å². The molecule has 0 aliphatic heterocycles. The van der Waals surface area contributed by atoms with Crippen molar-refractivity contribution in [3.05, 3.63) is 51.3 Å². The first-order valence-electron chi connectivity index (χ1n) is 6.02. The van der Waals surface area contributed by atoms with Crippen LogP contribution in [-0.2, 0) is 0 Å². The Hall–Kier alpha value is -3.03. The lowest BCUT2D eigenvalue weighted by molar-refractivity contribution is -0.385. The molecule has 0 spiro atoms. The zero-order chi connectivity index (χ0) is 15.4. The first-order valence-corrected chi connectivity index (χ1v) is 6.02. The van der Waals surface area contributed by atoms with Gasteiger partial charge in [0.05, 0.1) is 11.1 Å². The Morgan fingerprint density at radius 2 is 1.90 bits per heavy atom. The van der Waals surface area contributed by atoms with Crippen molar-refractivity contribution in [2.75, 3.05) is 5.43 Å². The largest absolute Gasteiger partial charge is 0.872 e. The second-order valence-corrected chi connectivity index (χ2v) is 4.32. The molecule has 0 amide bonds. The number of hydrogen-bond donors (Lipinski definition) is 1. The molecule has 0 fully saturated rings. The van der Waals surface area contributed by atoms with Crippen molar-refractivity contribution in [2.24, 2.45) is 5.10 Å². The Morgan fingerprint density at radius 3 is 2.52 bits per heavy atom. The van der Waals surface area contributed by atoms with Crippen LogP contribution in [0.2, 0.25) is 0 Å². The van der Waals surface area contributed by atoms with E-state index in [1.165, 1.54) is 6.21 Å². The molecule has 0 bridgehead atoms. The molecule has 0 saturated carbocycles. The van der Waals surface area contributed by atoms with Crippen molar-refractivity contribution in [2.45, 2.75) is 13.8 Å². The number of rotatable bonds is 4. The predicted octanol–water partition coefficient (Wildman–Crippen LogP) is 1.52. The molecule has 0 unspecified atom stereocenters. The molecule has 2 aromatic rings. The molecule has 0 aliphatic rings. The highest BCUT2D eigenvalue weighted by atomic mass is 16.6. The number of nitro groups is 1. The van der Waals surface area contributed by atoms with Crippen molar-refractivity contribution in [3.8, 4) is 5.75 Å². The van der Waals surface area contributed by atoms with Gasteiger partial charge in [0, 0.05) is 23.5 Å². The molecule has 1 aromatic carbocycles. The number of aryl methyl sites for hydroxylation is 2. The Balaban J connectivity index is 2.17. The molecule has 108 valence electrons. The minimum Gasteiger partial charge on any atom is -0.872 e. The van der Waals surface area contributed by atoms with Crippen LogP contribution in [0.5, 0.6) is 5.75 Å². The first-order chi connectivity index (χ1) is 9.95. The summed E-state index contributed by atoms with van der Waals surface area (Å²) < 4.78 is 0. The van der Waals surface area contributed by atoms with Crippen molar-refractivity contribution in [3.63, 3.8) is 0 Å². The molecule has 2 rings (SSSR count). The van der Waals surface area contributed by atoms with Crippen molar-refractivity contribution in [1.82, 2.24) is 9.97 Å². The monoisotopic (exact) mass is 286 g/mol. The fourth-order valence-corrected chi connectivity index (χ4v) is 1.69. The van der Waals surface area contributed by atoms with Gasteiger partial charge in [0.25, 0.3) is 5.69 Å². The Labute approximate surface area is 120 Å². The molecular weight excluding hydrogens is 274 g/mol. The second kappa shape index (κ2) is 5.95. The van der Waals surface area contributed by atoms with Gasteiger partial charge in [-0.1, -0.05) is 11.8 Å². The van der Waals surface area contributed by atoms with Gasteiger partial charge in [-0.25, -0.2) is 15.4 Å². The summed E-state index contributed by atoms with van der Waals surface area (Å²) in [4.78, 5) is 18.3. The van der Waals surface area contributed by atoms with Crippen molar-refractivity contribution in [1.29, 1.82) is 0 Å². The van der Waals surface area contributed by atoms with Gasteiger partial charge in [0.1, 0.15) is 0 Å². The SMILES string of the molecule is Cc1cc(C)nc(N/N=C\c2cc([N+](=O)[O-])ccc2[O-])n1. The number of non-ortho nitro benzene ring substituents is 1. The zero-order valence-electron chi connectivity index (χ0n) is 11.4. The molecule has 21 heavy (non-hydrogen) atoms. The summed E-state index contributed by atoms with van der Waals surface area (Å²) in [6.45, 7) is 3.64. The average molecular weight is 286 g/mol. The van der Waals surface area contributed by atoms with E-state index >= 15 is 0 Å². The number of hydrogen-bond acceptors (Lipinski definition) is 7. The number of nitro benzene ring substituents is 1. The Bertz CT molecular complexity index is 695. The van der Waals surface area contributed by atoms with E-state index in [0.29, 0.717) is 5.95 Å². The van der Waals surface area contributed by atoms with Crippen LogP contribution in [-0.4, -0.2) is 21.1 Å². The topological polar surface area (TPSA) is 116 Å². The third kappa shape index (κ3) is 3.72. The lowest BCUT2D eigenvalue weighted by atomic mass is 10.2. The van der Waals surface area contributed by atoms with E-state index in [1.807, 2.05) is 19.9 Å². The molecule has 8 nitrogen and oxygen atoms in total.